The molecular weight excluding hydrogens is 218 g/mol. The van der Waals surface area contributed by atoms with Crippen molar-refractivity contribution >= 4 is 22.9 Å². The van der Waals surface area contributed by atoms with Gasteiger partial charge >= 0.3 is 0 Å². The zero-order valence-corrected chi connectivity index (χ0v) is 10.3. The Morgan fingerprint density at radius 1 is 1.57 bits per heavy atom. The van der Waals surface area contributed by atoms with Crippen molar-refractivity contribution in [2.75, 3.05) is 13.7 Å². The minimum Gasteiger partial charge on any atom is -0.380 e. The third kappa shape index (κ3) is 2.95. The summed E-state index contributed by atoms with van der Waals surface area (Å²) in [7, 11) is 1.73. The van der Waals surface area contributed by atoms with Crippen molar-refractivity contribution in [3.8, 4) is 0 Å². The largest absolute Gasteiger partial charge is 0.380 e. The van der Waals surface area contributed by atoms with Crippen molar-refractivity contribution < 1.29 is 4.74 Å². The van der Waals surface area contributed by atoms with Crippen LogP contribution in [0.4, 0.5) is 0 Å². The average Bonchev–Trinajstić information content (AvgIpc) is 2.60. The number of nitrogens with one attached hydrogen (secondary N) is 1. The summed E-state index contributed by atoms with van der Waals surface area (Å²) in [5, 5.41) is 3.39. The van der Waals surface area contributed by atoms with Crippen LogP contribution in [0.5, 0.6) is 0 Å². The Balaban J connectivity index is 2.76. The maximum absolute atomic E-state index is 5.90. The highest BCUT2D eigenvalue weighted by atomic mass is 35.5. The predicted octanol–water partition coefficient (Wildman–Crippen LogP) is 3.09. The fraction of sp³-hybridized carbons (Fsp3) is 0.600. The molecule has 2 nitrogen and oxygen atoms in total. The zero-order valence-electron chi connectivity index (χ0n) is 8.71. The van der Waals surface area contributed by atoms with Gasteiger partial charge in [-0.3, -0.25) is 0 Å². The summed E-state index contributed by atoms with van der Waals surface area (Å²) in [4.78, 5) is 1.23. The summed E-state index contributed by atoms with van der Waals surface area (Å²) >= 11 is 7.50. The number of halogens is 1. The van der Waals surface area contributed by atoms with Crippen LogP contribution in [0, 0.1) is 0 Å². The van der Waals surface area contributed by atoms with Crippen LogP contribution in [0.1, 0.15) is 24.8 Å². The molecule has 1 aromatic rings. The van der Waals surface area contributed by atoms with Gasteiger partial charge in [-0.25, -0.2) is 0 Å². The SMILES string of the molecule is CCNC(c1ccc(Cl)s1)C(C)OC. The van der Waals surface area contributed by atoms with E-state index >= 15 is 0 Å². The molecule has 2 atom stereocenters. The Bertz CT molecular complexity index is 277. The molecule has 0 aliphatic carbocycles. The van der Waals surface area contributed by atoms with Crippen LogP contribution in [0.25, 0.3) is 0 Å². The van der Waals surface area contributed by atoms with E-state index in [1.54, 1.807) is 18.4 Å². The quantitative estimate of drug-likeness (QED) is 0.844. The molecule has 1 aromatic heterocycles. The molecule has 0 amide bonds. The van der Waals surface area contributed by atoms with Crippen LogP contribution >= 0.6 is 22.9 Å². The van der Waals surface area contributed by atoms with Gasteiger partial charge < -0.3 is 10.1 Å². The lowest BCUT2D eigenvalue weighted by molar-refractivity contribution is 0.0847. The Labute approximate surface area is 94.2 Å². The van der Waals surface area contributed by atoms with E-state index in [0.717, 1.165) is 10.9 Å². The van der Waals surface area contributed by atoms with Gasteiger partial charge in [0.25, 0.3) is 0 Å². The van der Waals surface area contributed by atoms with Gasteiger partial charge in [-0.15, -0.1) is 11.3 Å². The third-order valence-electron chi connectivity index (χ3n) is 2.17. The molecule has 0 spiro atoms. The summed E-state index contributed by atoms with van der Waals surface area (Å²) in [6.07, 6.45) is 0.157. The fourth-order valence-corrected chi connectivity index (χ4v) is 2.58. The molecule has 0 radical (unpaired) electrons. The van der Waals surface area contributed by atoms with E-state index in [9.17, 15) is 0 Å². The summed E-state index contributed by atoms with van der Waals surface area (Å²) in [5.41, 5.74) is 0. The summed E-state index contributed by atoms with van der Waals surface area (Å²) in [6, 6.07) is 4.21. The fourth-order valence-electron chi connectivity index (χ4n) is 1.35. The van der Waals surface area contributed by atoms with Crippen LogP contribution in [-0.4, -0.2) is 19.8 Å². The van der Waals surface area contributed by atoms with Crippen molar-refractivity contribution in [2.45, 2.75) is 26.0 Å². The maximum atomic E-state index is 5.90. The summed E-state index contributed by atoms with van der Waals surface area (Å²) in [5.74, 6) is 0. The monoisotopic (exact) mass is 233 g/mol. The minimum absolute atomic E-state index is 0.157. The lowest BCUT2D eigenvalue weighted by Gasteiger charge is -2.22. The van der Waals surface area contributed by atoms with E-state index in [2.05, 4.69) is 25.2 Å². The zero-order chi connectivity index (χ0) is 10.6. The molecule has 0 aliphatic heterocycles. The second-order valence-corrected chi connectivity index (χ2v) is 4.86. The van der Waals surface area contributed by atoms with E-state index in [1.807, 2.05) is 6.07 Å². The molecule has 0 saturated carbocycles. The molecule has 14 heavy (non-hydrogen) atoms. The molecule has 0 saturated heterocycles. The highest BCUT2D eigenvalue weighted by Crippen LogP contribution is 2.29. The molecule has 0 fully saturated rings. The van der Waals surface area contributed by atoms with E-state index in [4.69, 9.17) is 16.3 Å². The van der Waals surface area contributed by atoms with Crippen molar-refractivity contribution in [3.05, 3.63) is 21.3 Å². The first-order chi connectivity index (χ1) is 6.69. The van der Waals surface area contributed by atoms with Crippen LogP contribution in [-0.2, 0) is 4.74 Å². The molecular formula is C10H16ClNOS. The predicted molar refractivity (Wildman–Crippen MR) is 62.2 cm³/mol. The van der Waals surface area contributed by atoms with Crippen molar-refractivity contribution in [3.63, 3.8) is 0 Å². The number of methoxy groups -OCH3 is 1. The average molecular weight is 234 g/mol. The van der Waals surface area contributed by atoms with Crippen LogP contribution in [0.15, 0.2) is 12.1 Å². The summed E-state index contributed by atoms with van der Waals surface area (Å²) in [6.45, 7) is 5.07. The highest BCUT2D eigenvalue weighted by molar-refractivity contribution is 7.16. The van der Waals surface area contributed by atoms with E-state index in [1.165, 1.54) is 4.88 Å². The Kier molecular flexibility index (Phi) is 4.89. The smallest absolute Gasteiger partial charge is 0.0931 e. The van der Waals surface area contributed by atoms with Gasteiger partial charge in [-0.05, 0) is 25.6 Å². The van der Waals surface area contributed by atoms with Gasteiger partial charge in [0.05, 0.1) is 16.5 Å². The number of hydrogen-bond donors (Lipinski definition) is 1. The lowest BCUT2D eigenvalue weighted by atomic mass is 10.1. The van der Waals surface area contributed by atoms with E-state index < -0.39 is 0 Å². The second kappa shape index (κ2) is 5.71. The first-order valence-electron chi connectivity index (χ1n) is 4.70. The van der Waals surface area contributed by atoms with Gasteiger partial charge in [0.2, 0.25) is 0 Å². The molecule has 2 unspecified atom stereocenters. The van der Waals surface area contributed by atoms with Gasteiger partial charge in [0, 0.05) is 12.0 Å². The van der Waals surface area contributed by atoms with Gasteiger partial charge in [-0.1, -0.05) is 18.5 Å². The van der Waals surface area contributed by atoms with Crippen LogP contribution < -0.4 is 5.32 Å². The minimum atomic E-state index is 0.157. The maximum Gasteiger partial charge on any atom is 0.0931 e. The molecule has 1 N–H and O–H groups in total. The van der Waals surface area contributed by atoms with E-state index in [-0.39, 0.29) is 12.1 Å². The molecule has 1 rings (SSSR count). The van der Waals surface area contributed by atoms with Gasteiger partial charge in [0.15, 0.2) is 0 Å². The molecule has 0 bridgehead atoms. The molecule has 1 heterocycles. The van der Waals surface area contributed by atoms with Crippen molar-refractivity contribution in [1.82, 2.24) is 5.32 Å². The van der Waals surface area contributed by atoms with Crippen LogP contribution in [0.3, 0.4) is 0 Å². The van der Waals surface area contributed by atoms with Crippen LogP contribution in [0.2, 0.25) is 4.34 Å². The third-order valence-corrected chi connectivity index (χ3v) is 3.48. The standard InChI is InChI=1S/C10H16ClNOS/c1-4-12-10(7(2)13-3)8-5-6-9(11)14-8/h5-7,10,12H,4H2,1-3H3. The highest BCUT2D eigenvalue weighted by Gasteiger charge is 2.19. The van der Waals surface area contributed by atoms with Gasteiger partial charge in [0.1, 0.15) is 0 Å². The first-order valence-corrected chi connectivity index (χ1v) is 5.90. The lowest BCUT2D eigenvalue weighted by Crippen LogP contribution is -2.30. The normalized spacial score (nSPS) is 15.4. The number of rotatable bonds is 5. The Morgan fingerprint density at radius 2 is 2.29 bits per heavy atom. The molecule has 0 aromatic carbocycles. The molecule has 80 valence electrons. The number of likely N-dealkylation sites (N-methyl/N-ethyl adjacent to an activating group) is 1. The topological polar surface area (TPSA) is 21.3 Å². The van der Waals surface area contributed by atoms with E-state index in [0.29, 0.717) is 0 Å². The van der Waals surface area contributed by atoms with Crippen molar-refractivity contribution in [2.24, 2.45) is 0 Å². The number of ether oxygens (including phenoxy) is 1. The first kappa shape index (κ1) is 12.0. The summed E-state index contributed by atoms with van der Waals surface area (Å²) < 4.78 is 6.15. The Morgan fingerprint density at radius 3 is 2.71 bits per heavy atom. The van der Waals surface area contributed by atoms with Gasteiger partial charge in [-0.2, -0.15) is 0 Å². The number of hydrogen-bond acceptors (Lipinski definition) is 3. The Hall–Kier alpha value is -0.0900. The number of thiophene rings is 1. The molecule has 0 aliphatic rings. The molecule has 4 heteroatoms. The van der Waals surface area contributed by atoms with Crippen molar-refractivity contribution in [1.29, 1.82) is 0 Å². The second-order valence-electron chi connectivity index (χ2n) is 3.12.